The summed E-state index contributed by atoms with van der Waals surface area (Å²) >= 11 is 0. The number of hydrogen-bond acceptors (Lipinski definition) is 3. The summed E-state index contributed by atoms with van der Waals surface area (Å²) in [6.07, 6.45) is 1.25. The highest BCUT2D eigenvalue weighted by Gasteiger charge is 2.44. The van der Waals surface area contributed by atoms with Crippen LogP contribution in [0.1, 0.15) is 23.1 Å². The van der Waals surface area contributed by atoms with Crippen molar-refractivity contribution in [2.75, 3.05) is 0 Å². The van der Waals surface area contributed by atoms with E-state index in [1.54, 1.807) is 0 Å². The van der Waals surface area contributed by atoms with Gasteiger partial charge in [-0.05, 0) is 42.4 Å². The average molecular weight is 324 g/mol. The van der Waals surface area contributed by atoms with Crippen LogP contribution in [0.4, 0.5) is 0 Å². The summed E-state index contributed by atoms with van der Waals surface area (Å²) in [5.41, 5.74) is 14.5. The molecule has 24 heavy (non-hydrogen) atoms. The van der Waals surface area contributed by atoms with Crippen LogP contribution in [-0.4, -0.2) is 23.2 Å². The number of aliphatic hydroxyl groups is 1. The van der Waals surface area contributed by atoms with E-state index in [-0.39, 0.29) is 5.91 Å². The average Bonchev–Trinajstić information content (AvgIpc) is 2.95. The Bertz CT molecular complexity index is 690. The van der Waals surface area contributed by atoms with E-state index in [1.165, 1.54) is 0 Å². The van der Waals surface area contributed by atoms with Gasteiger partial charge in [0.15, 0.2) is 0 Å². The predicted octanol–water partition coefficient (Wildman–Crippen LogP) is 1.58. The van der Waals surface area contributed by atoms with Gasteiger partial charge in [0.05, 0.1) is 11.5 Å². The lowest BCUT2D eigenvalue weighted by molar-refractivity contribution is -0.129. The number of hydrogen-bond donors (Lipinski definition) is 3. The Morgan fingerprint density at radius 2 is 1.58 bits per heavy atom. The highest BCUT2D eigenvalue weighted by molar-refractivity contribution is 5.82. The lowest BCUT2D eigenvalue weighted by Crippen LogP contribution is -2.46. The summed E-state index contributed by atoms with van der Waals surface area (Å²) in [5.74, 6) is -0.357. The molecule has 0 aliphatic heterocycles. The van der Waals surface area contributed by atoms with E-state index in [4.69, 9.17) is 11.5 Å². The summed E-state index contributed by atoms with van der Waals surface area (Å²) in [4.78, 5) is 12.2. The Morgan fingerprint density at radius 3 is 2.12 bits per heavy atom. The molecule has 0 aromatic heterocycles. The molecule has 0 saturated carbocycles. The number of carbonyl (C=O) groups is 1. The van der Waals surface area contributed by atoms with Gasteiger partial charge in [-0.25, -0.2) is 0 Å². The van der Waals surface area contributed by atoms with Gasteiger partial charge in [-0.15, -0.1) is 0 Å². The molecule has 0 saturated heterocycles. The van der Waals surface area contributed by atoms with Crippen molar-refractivity contribution >= 4 is 5.91 Å². The van der Waals surface area contributed by atoms with Gasteiger partial charge in [0.1, 0.15) is 0 Å². The van der Waals surface area contributed by atoms with Crippen molar-refractivity contribution in [2.24, 2.45) is 16.9 Å². The second-order valence-corrected chi connectivity index (χ2v) is 6.89. The number of carbonyl (C=O) groups excluding carboxylic acids is 1. The van der Waals surface area contributed by atoms with Crippen LogP contribution in [0.2, 0.25) is 0 Å². The maximum atomic E-state index is 12.2. The van der Waals surface area contributed by atoms with Gasteiger partial charge >= 0.3 is 0 Å². The van der Waals surface area contributed by atoms with Crippen molar-refractivity contribution in [2.45, 2.75) is 37.8 Å². The van der Waals surface area contributed by atoms with Crippen molar-refractivity contribution in [3.05, 3.63) is 71.3 Å². The van der Waals surface area contributed by atoms with Gasteiger partial charge in [-0.3, -0.25) is 4.79 Å². The molecule has 0 fully saturated rings. The fourth-order valence-electron chi connectivity index (χ4n) is 3.69. The van der Waals surface area contributed by atoms with Crippen LogP contribution in [0.25, 0.3) is 0 Å². The van der Waals surface area contributed by atoms with E-state index in [0.29, 0.717) is 25.7 Å². The molecular formula is C20H24N2O2. The molecule has 0 radical (unpaired) electrons. The first-order chi connectivity index (χ1) is 11.5. The van der Waals surface area contributed by atoms with E-state index in [2.05, 4.69) is 0 Å². The molecule has 126 valence electrons. The van der Waals surface area contributed by atoms with E-state index in [1.807, 2.05) is 54.6 Å². The number of benzene rings is 2. The Hall–Kier alpha value is -2.17. The fraction of sp³-hybridized carbons (Fsp3) is 0.350. The third-order valence-corrected chi connectivity index (χ3v) is 5.11. The van der Waals surface area contributed by atoms with E-state index < -0.39 is 17.6 Å². The van der Waals surface area contributed by atoms with Gasteiger partial charge in [0.2, 0.25) is 5.91 Å². The Balaban J connectivity index is 1.71. The highest BCUT2D eigenvalue weighted by atomic mass is 16.3. The van der Waals surface area contributed by atoms with Gasteiger partial charge in [-0.2, -0.15) is 0 Å². The second kappa shape index (κ2) is 6.75. The molecule has 4 heteroatoms. The maximum Gasteiger partial charge on any atom is 0.224 e. The molecular weight excluding hydrogens is 300 g/mol. The quantitative estimate of drug-likeness (QED) is 0.753. The van der Waals surface area contributed by atoms with Gasteiger partial charge in [0, 0.05) is 6.04 Å². The first-order valence-electron chi connectivity index (χ1n) is 8.34. The minimum absolute atomic E-state index is 0.297. The summed E-state index contributed by atoms with van der Waals surface area (Å²) < 4.78 is 0. The zero-order chi connectivity index (χ0) is 17.2. The number of amides is 1. The summed E-state index contributed by atoms with van der Waals surface area (Å²) in [5, 5.41) is 10.6. The van der Waals surface area contributed by atoms with Crippen molar-refractivity contribution in [1.82, 2.24) is 0 Å². The topological polar surface area (TPSA) is 89.3 Å². The van der Waals surface area contributed by atoms with Gasteiger partial charge < -0.3 is 16.6 Å². The smallest absolute Gasteiger partial charge is 0.224 e. The minimum Gasteiger partial charge on any atom is -0.391 e. The van der Waals surface area contributed by atoms with E-state index in [0.717, 1.165) is 16.7 Å². The molecule has 5 N–H and O–H groups in total. The molecule has 2 aromatic carbocycles. The summed E-state index contributed by atoms with van der Waals surface area (Å²) in [6.45, 7) is 0. The highest BCUT2D eigenvalue weighted by Crippen LogP contribution is 2.40. The predicted molar refractivity (Wildman–Crippen MR) is 94.2 cm³/mol. The zero-order valence-electron chi connectivity index (χ0n) is 13.7. The van der Waals surface area contributed by atoms with E-state index >= 15 is 0 Å². The first-order valence-corrected chi connectivity index (χ1v) is 8.34. The maximum absolute atomic E-state index is 12.2. The zero-order valence-corrected chi connectivity index (χ0v) is 13.7. The minimum atomic E-state index is -0.771. The van der Waals surface area contributed by atoms with Crippen LogP contribution < -0.4 is 11.5 Å². The number of nitrogens with two attached hydrogens (primary N) is 2. The molecule has 1 aliphatic carbocycles. The largest absolute Gasteiger partial charge is 0.391 e. The van der Waals surface area contributed by atoms with E-state index in [9.17, 15) is 9.90 Å². The van der Waals surface area contributed by atoms with Gasteiger partial charge in [0.25, 0.3) is 0 Å². The van der Waals surface area contributed by atoms with Crippen LogP contribution in [0.15, 0.2) is 54.6 Å². The van der Waals surface area contributed by atoms with Gasteiger partial charge in [-0.1, -0.05) is 54.6 Å². The van der Waals surface area contributed by atoms with Crippen molar-refractivity contribution in [3.8, 4) is 0 Å². The SMILES string of the molecule is NC(=O)C1(C[C@H](O)[C@@H](N)Cc2ccccc2)Cc2ccccc2C1. The Labute approximate surface area is 142 Å². The standard InChI is InChI=1S/C20H24N2O2/c21-17(10-14-6-2-1-3-7-14)18(23)13-20(19(22)24)11-15-8-4-5-9-16(15)12-20/h1-9,17-18,23H,10-13,21H2,(H2,22,24)/t17-,18-/m0/s1. The first kappa shape index (κ1) is 16.7. The molecule has 0 bridgehead atoms. The van der Waals surface area contributed by atoms with Crippen molar-refractivity contribution in [3.63, 3.8) is 0 Å². The van der Waals surface area contributed by atoms with Crippen LogP contribution >= 0.6 is 0 Å². The molecule has 0 unspecified atom stereocenters. The number of aliphatic hydroxyl groups excluding tert-OH is 1. The second-order valence-electron chi connectivity index (χ2n) is 6.89. The molecule has 2 atom stereocenters. The molecule has 3 rings (SSSR count). The number of fused-ring (bicyclic) bond motifs is 1. The fourth-order valence-corrected chi connectivity index (χ4v) is 3.69. The molecule has 2 aromatic rings. The normalized spacial score (nSPS) is 17.9. The van der Waals surface area contributed by atoms with Crippen LogP contribution in [0.5, 0.6) is 0 Å². The van der Waals surface area contributed by atoms with Crippen LogP contribution in [0, 0.1) is 5.41 Å². The molecule has 0 spiro atoms. The van der Waals surface area contributed by atoms with Crippen LogP contribution in [0.3, 0.4) is 0 Å². The summed E-state index contributed by atoms with van der Waals surface area (Å²) in [7, 11) is 0. The Morgan fingerprint density at radius 1 is 1.04 bits per heavy atom. The lowest BCUT2D eigenvalue weighted by atomic mass is 9.77. The monoisotopic (exact) mass is 324 g/mol. The lowest BCUT2D eigenvalue weighted by Gasteiger charge is -2.30. The summed E-state index contributed by atoms with van der Waals surface area (Å²) in [6, 6.07) is 17.4. The third-order valence-electron chi connectivity index (χ3n) is 5.11. The Kier molecular flexibility index (Phi) is 4.69. The third kappa shape index (κ3) is 3.35. The molecule has 1 amide bonds. The molecule has 0 heterocycles. The molecule has 1 aliphatic rings. The number of primary amides is 1. The molecule has 4 nitrogen and oxygen atoms in total. The van der Waals surface area contributed by atoms with Crippen molar-refractivity contribution < 1.29 is 9.90 Å². The van der Waals surface area contributed by atoms with Crippen molar-refractivity contribution in [1.29, 1.82) is 0 Å². The number of rotatable bonds is 6. The van der Waals surface area contributed by atoms with Crippen LogP contribution in [-0.2, 0) is 24.1 Å².